The molecule has 0 spiro atoms. The number of nitrogens with zero attached hydrogens (tertiary/aromatic N) is 1. The van der Waals surface area contributed by atoms with Crippen LogP contribution in [-0.4, -0.2) is 70.5 Å². The fourth-order valence-corrected chi connectivity index (χ4v) is 7.96. The number of hydrogen-bond acceptors (Lipinski definition) is 8. The van der Waals surface area contributed by atoms with Crippen molar-refractivity contribution in [1.82, 2.24) is 15.2 Å². The Morgan fingerprint density at radius 1 is 0.880 bits per heavy atom. The van der Waals surface area contributed by atoms with Gasteiger partial charge in [0, 0.05) is 23.9 Å². The summed E-state index contributed by atoms with van der Waals surface area (Å²) in [5, 5.41) is 36.6. The van der Waals surface area contributed by atoms with Crippen molar-refractivity contribution >= 4 is 16.9 Å². The first kappa shape index (κ1) is 38.0. The second-order valence-corrected chi connectivity index (χ2v) is 14.7. The monoisotopic (exact) mass is 689 g/mol. The molecule has 2 fully saturated rings. The minimum atomic E-state index is -1.57. The van der Waals surface area contributed by atoms with E-state index in [2.05, 4.69) is 15.2 Å². The van der Waals surface area contributed by atoms with Crippen molar-refractivity contribution in [3.05, 3.63) is 76.1 Å². The van der Waals surface area contributed by atoms with Crippen molar-refractivity contribution in [2.24, 2.45) is 11.8 Å². The molecule has 1 aliphatic heterocycles. The molecular formula is C41H59N3O6. The lowest BCUT2D eigenvalue weighted by molar-refractivity contribution is -0.176. The smallest absolute Gasteiger partial charge is 0.343 e. The summed E-state index contributed by atoms with van der Waals surface area (Å²) < 4.78 is 5.91. The number of carbonyl (C=O) groups excluding carboxylic acids is 1. The molecule has 5 N–H and O–H groups in total. The van der Waals surface area contributed by atoms with Gasteiger partial charge in [-0.3, -0.25) is 4.79 Å². The van der Waals surface area contributed by atoms with Gasteiger partial charge >= 0.3 is 5.97 Å². The van der Waals surface area contributed by atoms with Gasteiger partial charge in [-0.1, -0.05) is 94.2 Å². The van der Waals surface area contributed by atoms with E-state index < -0.39 is 17.7 Å². The van der Waals surface area contributed by atoms with Gasteiger partial charge in [0.05, 0.1) is 18.2 Å². The zero-order valence-electron chi connectivity index (χ0n) is 29.8. The minimum Gasteiger partial charge on any atom is -0.506 e. The van der Waals surface area contributed by atoms with Crippen LogP contribution >= 0.6 is 0 Å². The number of aromatic amines is 1. The van der Waals surface area contributed by atoms with Gasteiger partial charge in [0.1, 0.15) is 5.75 Å². The number of benzene rings is 2. The number of nitrogens with one attached hydrogen (secondary N) is 2. The van der Waals surface area contributed by atoms with Crippen LogP contribution in [0, 0.1) is 11.8 Å². The number of H-pyrrole nitrogens is 1. The second-order valence-electron chi connectivity index (χ2n) is 14.7. The SMILES string of the molecule is O=C(OCC1CCN(CCCCCCCCCNC[C@H](O)c2ccc(O)c3[nH]c(=O)ccc23)CC1)C(O)(c1ccccc1)C1CCCCCC1. The molecule has 1 saturated carbocycles. The van der Waals surface area contributed by atoms with Crippen molar-refractivity contribution in [3.8, 4) is 5.75 Å². The molecule has 1 saturated heterocycles. The van der Waals surface area contributed by atoms with Crippen molar-refractivity contribution in [1.29, 1.82) is 0 Å². The van der Waals surface area contributed by atoms with Gasteiger partial charge in [-0.25, -0.2) is 4.79 Å². The predicted molar refractivity (Wildman–Crippen MR) is 198 cm³/mol. The van der Waals surface area contributed by atoms with Gasteiger partial charge in [0.25, 0.3) is 0 Å². The number of esters is 1. The third-order valence-electron chi connectivity index (χ3n) is 11.1. The zero-order valence-corrected chi connectivity index (χ0v) is 29.8. The molecule has 0 bridgehead atoms. The van der Waals surface area contributed by atoms with E-state index in [9.17, 15) is 24.9 Å². The number of piperidine rings is 1. The summed E-state index contributed by atoms with van der Waals surface area (Å²) in [4.78, 5) is 30.3. The summed E-state index contributed by atoms with van der Waals surface area (Å²) >= 11 is 0. The van der Waals surface area contributed by atoms with Gasteiger partial charge in [0.15, 0.2) is 5.60 Å². The maximum absolute atomic E-state index is 13.5. The number of pyridine rings is 1. The van der Waals surface area contributed by atoms with Gasteiger partial charge in [0.2, 0.25) is 5.56 Å². The molecule has 1 aliphatic carbocycles. The molecule has 1 unspecified atom stereocenters. The number of aromatic hydroxyl groups is 1. The summed E-state index contributed by atoms with van der Waals surface area (Å²) in [6.45, 7) is 4.85. The number of phenols is 1. The number of rotatable bonds is 18. The Labute approximate surface area is 297 Å². The quantitative estimate of drug-likeness (QED) is 0.0566. The number of phenolic OH excluding ortho intramolecular Hbond substituents is 1. The second kappa shape index (κ2) is 19.4. The molecule has 2 aliphatic rings. The molecule has 2 aromatic carbocycles. The van der Waals surface area contributed by atoms with Crippen LogP contribution in [-0.2, 0) is 15.1 Å². The Kier molecular flexibility index (Phi) is 14.7. The van der Waals surface area contributed by atoms with Gasteiger partial charge in [-0.05, 0) is 93.9 Å². The Morgan fingerprint density at radius 2 is 1.56 bits per heavy atom. The molecule has 9 nitrogen and oxygen atoms in total. The number of ether oxygens (including phenoxy) is 1. The van der Waals surface area contributed by atoms with Crippen LogP contribution in [0.5, 0.6) is 5.75 Å². The standard InChI is InChI=1S/C41H59N3O6/c45-36-21-19-34(35-20-22-38(47)43-39(35)36)37(46)29-42-25-13-6-2-1-3-7-14-26-44-27-23-31(24-28-44)30-50-40(48)41(49,33-17-11-8-12-18-33)32-15-9-4-5-10-16-32/h8,11-12,17-22,31-32,37,42,45-46,49H,1-7,9-10,13-16,23-30H2,(H,43,47)/t37-,41?/m0/s1. The normalized spacial score (nSPS) is 18.4. The predicted octanol–water partition coefficient (Wildman–Crippen LogP) is 6.70. The average Bonchev–Trinajstić information content (AvgIpc) is 3.44. The Balaban J connectivity index is 0.896. The molecule has 274 valence electrons. The largest absolute Gasteiger partial charge is 0.506 e. The summed E-state index contributed by atoms with van der Waals surface area (Å²) in [6, 6.07) is 15.7. The lowest BCUT2D eigenvalue weighted by atomic mass is 9.77. The fraction of sp³-hybridized carbons (Fsp3) is 0.610. The van der Waals surface area contributed by atoms with Crippen LogP contribution in [0.25, 0.3) is 10.9 Å². The average molecular weight is 690 g/mol. The molecular weight excluding hydrogens is 630 g/mol. The first-order valence-electron chi connectivity index (χ1n) is 19.3. The molecule has 3 aromatic rings. The fourth-order valence-electron chi connectivity index (χ4n) is 7.96. The Hall–Kier alpha value is -3.24. The highest BCUT2D eigenvalue weighted by Gasteiger charge is 2.47. The summed E-state index contributed by atoms with van der Waals surface area (Å²) in [5.41, 5.74) is -0.148. The molecule has 0 radical (unpaired) electrons. The van der Waals surface area contributed by atoms with Crippen molar-refractivity contribution in [2.45, 2.75) is 108 Å². The minimum absolute atomic E-state index is 0.00212. The van der Waals surface area contributed by atoms with Crippen LogP contribution in [0.4, 0.5) is 0 Å². The molecule has 2 heterocycles. The number of unbranched alkanes of at least 4 members (excludes halogenated alkanes) is 6. The van der Waals surface area contributed by atoms with Crippen molar-refractivity contribution < 1.29 is 24.9 Å². The highest BCUT2D eigenvalue weighted by Crippen LogP contribution is 2.40. The Bertz CT molecular complexity index is 1510. The van der Waals surface area contributed by atoms with Crippen LogP contribution in [0.3, 0.4) is 0 Å². The summed E-state index contributed by atoms with van der Waals surface area (Å²) in [6.07, 6.45) is 15.8. The van der Waals surface area contributed by atoms with Crippen LogP contribution in [0.1, 0.15) is 114 Å². The molecule has 0 amide bonds. The molecule has 5 rings (SSSR count). The Morgan fingerprint density at radius 3 is 2.28 bits per heavy atom. The first-order valence-corrected chi connectivity index (χ1v) is 19.3. The van der Waals surface area contributed by atoms with E-state index in [0.717, 1.165) is 90.4 Å². The lowest BCUT2D eigenvalue weighted by Crippen LogP contribution is -2.45. The molecule has 2 atom stereocenters. The van der Waals surface area contributed by atoms with E-state index in [1.807, 2.05) is 30.3 Å². The maximum Gasteiger partial charge on any atom is 0.343 e. The van der Waals surface area contributed by atoms with Crippen molar-refractivity contribution in [2.75, 3.05) is 39.3 Å². The third-order valence-corrected chi connectivity index (χ3v) is 11.1. The lowest BCUT2D eigenvalue weighted by Gasteiger charge is -2.36. The number of likely N-dealkylation sites (tertiary alicyclic amines) is 1. The first-order chi connectivity index (χ1) is 24.4. The zero-order chi connectivity index (χ0) is 35.2. The summed E-state index contributed by atoms with van der Waals surface area (Å²) in [5.74, 6) is -0.216. The van der Waals surface area contributed by atoms with Crippen LogP contribution in [0.15, 0.2) is 59.4 Å². The van der Waals surface area contributed by atoms with Crippen molar-refractivity contribution in [3.63, 3.8) is 0 Å². The molecule has 9 heteroatoms. The number of carbonyl (C=O) groups is 1. The van der Waals surface area contributed by atoms with E-state index >= 15 is 0 Å². The number of aromatic nitrogens is 1. The number of hydrogen-bond donors (Lipinski definition) is 5. The highest BCUT2D eigenvalue weighted by molar-refractivity contribution is 5.87. The van der Waals surface area contributed by atoms with Gasteiger partial charge in [-0.2, -0.15) is 0 Å². The topological polar surface area (TPSA) is 135 Å². The van der Waals surface area contributed by atoms with E-state index in [0.29, 0.717) is 41.1 Å². The van der Waals surface area contributed by atoms with E-state index in [4.69, 9.17) is 4.74 Å². The van der Waals surface area contributed by atoms with E-state index in [-0.39, 0.29) is 17.2 Å². The van der Waals surface area contributed by atoms with Gasteiger partial charge in [-0.15, -0.1) is 0 Å². The van der Waals surface area contributed by atoms with Gasteiger partial charge < -0.3 is 35.3 Å². The van der Waals surface area contributed by atoms with E-state index in [1.165, 1.54) is 44.2 Å². The number of aliphatic hydroxyl groups is 2. The highest BCUT2D eigenvalue weighted by atomic mass is 16.5. The number of fused-ring (bicyclic) bond motifs is 1. The molecule has 1 aromatic heterocycles. The third kappa shape index (κ3) is 10.4. The maximum atomic E-state index is 13.5. The number of aliphatic hydroxyl groups excluding tert-OH is 1. The summed E-state index contributed by atoms with van der Waals surface area (Å²) in [7, 11) is 0. The van der Waals surface area contributed by atoms with Crippen LogP contribution in [0.2, 0.25) is 0 Å². The van der Waals surface area contributed by atoms with E-state index in [1.54, 1.807) is 12.1 Å². The van der Waals surface area contributed by atoms with Crippen LogP contribution < -0.4 is 10.9 Å². The molecule has 50 heavy (non-hydrogen) atoms.